The minimum Gasteiger partial charge on any atom is -0.349 e. The van der Waals surface area contributed by atoms with E-state index in [1.807, 2.05) is 18.2 Å². The number of benzene rings is 2. The fourth-order valence-corrected chi connectivity index (χ4v) is 4.90. The van der Waals surface area contributed by atoms with Crippen molar-refractivity contribution in [1.82, 2.24) is 15.5 Å². The van der Waals surface area contributed by atoms with Crippen LogP contribution in [0.25, 0.3) is 4.85 Å². The van der Waals surface area contributed by atoms with Crippen molar-refractivity contribution in [3.8, 4) is 0 Å². The number of rotatable bonds is 6. The number of halogens is 3. The van der Waals surface area contributed by atoms with Crippen LogP contribution in [0.15, 0.2) is 48.5 Å². The quantitative estimate of drug-likeness (QED) is 0.593. The van der Waals surface area contributed by atoms with E-state index in [1.54, 1.807) is 0 Å². The van der Waals surface area contributed by atoms with Crippen LogP contribution in [0.2, 0.25) is 0 Å². The first-order valence-electron chi connectivity index (χ1n) is 11.7. The zero-order valence-electron chi connectivity index (χ0n) is 19.1. The Kier molecular flexibility index (Phi) is 7.41. The zero-order valence-corrected chi connectivity index (χ0v) is 19.1. The third kappa shape index (κ3) is 6.20. The van der Waals surface area contributed by atoms with E-state index >= 15 is 0 Å². The smallest absolute Gasteiger partial charge is 0.349 e. The molecule has 6 nitrogen and oxygen atoms in total. The highest BCUT2D eigenvalue weighted by molar-refractivity contribution is 5.96. The molecule has 2 amide bonds. The van der Waals surface area contributed by atoms with Crippen molar-refractivity contribution < 1.29 is 22.8 Å². The van der Waals surface area contributed by atoms with Crippen LogP contribution in [0.1, 0.15) is 53.1 Å². The molecule has 1 aliphatic carbocycles. The number of amides is 2. The molecule has 35 heavy (non-hydrogen) atoms. The van der Waals surface area contributed by atoms with Gasteiger partial charge in [-0.25, -0.2) is 4.85 Å². The summed E-state index contributed by atoms with van der Waals surface area (Å²) in [5, 5.41) is 5.26. The molecule has 2 aliphatic rings. The van der Waals surface area contributed by atoms with E-state index in [2.05, 4.69) is 26.4 Å². The molecule has 1 heterocycles. The largest absolute Gasteiger partial charge is 0.416 e. The van der Waals surface area contributed by atoms with E-state index in [1.165, 1.54) is 17.7 Å². The standard InChI is InChI=1S/C26H27F3N4O2/c1-30-21-7-3-4-18(13-21)17-8-10-23(11-9-17)33-15-22(16-33)32-24(34)14-31-25(35)19-5-2-6-20(12-19)26(27,28)29/h2-7,12-13,17,22-23H,8-11,14-16H2,(H,31,35)(H,32,34)/t17-,23+. The van der Waals surface area contributed by atoms with Gasteiger partial charge in [-0.05, 0) is 49.8 Å². The maximum atomic E-state index is 12.8. The molecule has 0 unspecified atom stereocenters. The van der Waals surface area contributed by atoms with E-state index in [0.29, 0.717) is 17.6 Å². The van der Waals surface area contributed by atoms with Gasteiger partial charge in [-0.15, -0.1) is 0 Å². The normalized spacial score (nSPS) is 21.0. The van der Waals surface area contributed by atoms with Gasteiger partial charge in [0.25, 0.3) is 5.91 Å². The minimum absolute atomic E-state index is 0.000954. The van der Waals surface area contributed by atoms with Gasteiger partial charge in [0, 0.05) is 24.7 Å². The van der Waals surface area contributed by atoms with E-state index in [4.69, 9.17) is 6.57 Å². The number of carbonyl (C=O) groups excluding carboxylic acids is 2. The molecule has 4 rings (SSSR count). The number of carbonyl (C=O) groups is 2. The summed E-state index contributed by atoms with van der Waals surface area (Å²) in [4.78, 5) is 30.2. The second kappa shape index (κ2) is 10.5. The summed E-state index contributed by atoms with van der Waals surface area (Å²) in [6.45, 7) is 8.39. The molecule has 2 aromatic rings. The van der Waals surface area contributed by atoms with Crippen LogP contribution < -0.4 is 10.6 Å². The number of alkyl halides is 3. The van der Waals surface area contributed by atoms with Crippen LogP contribution in [0.5, 0.6) is 0 Å². The summed E-state index contributed by atoms with van der Waals surface area (Å²) in [5.74, 6) is -0.608. The van der Waals surface area contributed by atoms with Crippen molar-refractivity contribution in [3.05, 3.63) is 76.6 Å². The first kappa shape index (κ1) is 24.7. The molecule has 2 N–H and O–H groups in total. The van der Waals surface area contributed by atoms with Crippen LogP contribution >= 0.6 is 0 Å². The van der Waals surface area contributed by atoms with Gasteiger partial charge in [-0.3, -0.25) is 14.5 Å². The molecule has 0 spiro atoms. The molecule has 2 fully saturated rings. The Hall–Kier alpha value is -3.38. The Morgan fingerprint density at radius 2 is 1.74 bits per heavy atom. The Morgan fingerprint density at radius 3 is 2.43 bits per heavy atom. The third-order valence-electron chi connectivity index (χ3n) is 6.82. The van der Waals surface area contributed by atoms with Crippen LogP contribution in [-0.2, 0) is 11.0 Å². The van der Waals surface area contributed by atoms with Gasteiger partial charge in [-0.1, -0.05) is 35.9 Å². The van der Waals surface area contributed by atoms with Gasteiger partial charge >= 0.3 is 6.18 Å². The number of likely N-dealkylation sites (tertiary alicyclic amines) is 1. The molecule has 0 aromatic heterocycles. The topological polar surface area (TPSA) is 65.8 Å². The van der Waals surface area contributed by atoms with Gasteiger partial charge in [0.2, 0.25) is 5.91 Å². The first-order valence-corrected chi connectivity index (χ1v) is 11.7. The second-order valence-corrected chi connectivity index (χ2v) is 9.19. The monoisotopic (exact) mass is 484 g/mol. The van der Waals surface area contributed by atoms with Crippen molar-refractivity contribution in [2.45, 2.75) is 49.9 Å². The zero-order chi connectivity index (χ0) is 25.0. The maximum Gasteiger partial charge on any atom is 0.416 e. The van der Waals surface area contributed by atoms with E-state index < -0.39 is 17.6 Å². The Labute approximate surface area is 202 Å². The molecule has 2 aromatic carbocycles. The average Bonchev–Trinajstić information content (AvgIpc) is 2.84. The van der Waals surface area contributed by atoms with Crippen LogP contribution in [0.3, 0.4) is 0 Å². The maximum absolute atomic E-state index is 12.8. The SMILES string of the molecule is [C-]#[N+]c1cccc([C@H]2CC[C@@H](N3CC(NC(=O)CNC(=O)c4cccc(C(F)(F)F)c4)C3)CC2)c1. The van der Waals surface area contributed by atoms with Gasteiger partial charge < -0.3 is 10.6 Å². The highest BCUT2D eigenvalue weighted by Crippen LogP contribution is 2.37. The molecule has 1 aliphatic heterocycles. The summed E-state index contributed by atoms with van der Waals surface area (Å²) in [6, 6.07) is 12.4. The van der Waals surface area contributed by atoms with Gasteiger partial charge in [-0.2, -0.15) is 13.2 Å². The van der Waals surface area contributed by atoms with Crippen LogP contribution in [-0.4, -0.2) is 48.4 Å². The average molecular weight is 485 g/mol. The van der Waals surface area contributed by atoms with Crippen molar-refractivity contribution in [1.29, 1.82) is 0 Å². The summed E-state index contributed by atoms with van der Waals surface area (Å²) < 4.78 is 38.4. The van der Waals surface area contributed by atoms with Crippen LogP contribution in [0, 0.1) is 6.57 Å². The molecule has 184 valence electrons. The van der Waals surface area contributed by atoms with Crippen molar-refractivity contribution in [3.63, 3.8) is 0 Å². The minimum atomic E-state index is -4.54. The van der Waals surface area contributed by atoms with Gasteiger partial charge in [0.15, 0.2) is 5.69 Å². The molecule has 0 radical (unpaired) electrons. The summed E-state index contributed by atoms with van der Waals surface area (Å²) in [5.41, 5.74) is 0.865. The van der Waals surface area contributed by atoms with Crippen molar-refractivity contribution in [2.24, 2.45) is 0 Å². The predicted octanol–water partition coefficient (Wildman–Crippen LogP) is 4.51. The number of hydrogen-bond acceptors (Lipinski definition) is 3. The molecule has 1 saturated carbocycles. The highest BCUT2D eigenvalue weighted by Gasteiger charge is 2.35. The van der Waals surface area contributed by atoms with Crippen molar-refractivity contribution in [2.75, 3.05) is 19.6 Å². The lowest BCUT2D eigenvalue weighted by molar-refractivity contribution is -0.137. The number of nitrogens with zero attached hydrogens (tertiary/aromatic N) is 2. The Morgan fingerprint density at radius 1 is 1.03 bits per heavy atom. The molecule has 1 saturated heterocycles. The van der Waals surface area contributed by atoms with Crippen LogP contribution in [0.4, 0.5) is 18.9 Å². The van der Waals surface area contributed by atoms with Gasteiger partial charge in [0.05, 0.1) is 24.7 Å². The van der Waals surface area contributed by atoms with E-state index in [0.717, 1.165) is 50.9 Å². The van der Waals surface area contributed by atoms with Crippen molar-refractivity contribution >= 4 is 17.5 Å². The Balaban J connectivity index is 1.16. The number of hydrogen-bond donors (Lipinski definition) is 2. The van der Waals surface area contributed by atoms with E-state index in [-0.39, 0.29) is 24.1 Å². The summed E-state index contributed by atoms with van der Waals surface area (Å²) in [6.07, 6.45) is -0.254. The lowest BCUT2D eigenvalue weighted by Crippen LogP contribution is -2.63. The summed E-state index contributed by atoms with van der Waals surface area (Å²) in [7, 11) is 0. The molecule has 0 bridgehead atoms. The second-order valence-electron chi connectivity index (χ2n) is 9.19. The molecular weight excluding hydrogens is 457 g/mol. The third-order valence-corrected chi connectivity index (χ3v) is 6.82. The Bertz CT molecular complexity index is 1110. The highest BCUT2D eigenvalue weighted by atomic mass is 19.4. The lowest BCUT2D eigenvalue weighted by Gasteiger charge is -2.46. The summed E-state index contributed by atoms with van der Waals surface area (Å²) >= 11 is 0. The molecule has 0 atom stereocenters. The fourth-order valence-electron chi connectivity index (χ4n) is 4.90. The predicted molar refractivity (Wildman–Crippen MR) is 125 cm³/mol. The first-order chi connectivity index (χ1) is 16.7. The molecular formula is C26H27F3N4O2. The molecule has 9 heteroatoms. The number of nitrogens with one attached hydrogen (secondary N) is 2. The fraction of sp³-hybridized carbons (Fsp3) is 0.423. The van der Waals surface area contributed by atoms with Gasteiger partial charge in [0.1, 0.15) is 0 Å². The lowest BCUT2D eigenvalue weighted by atomic mass is 9.80. The van der Waals surface area contributed by atoms with E-state index in [9.17, 15) is 22.8 Å².